The molecule has 0 aliphatic carbocycles. The number of carboxylic acid groups (broad SMARTS) is 1. The predicted molar refractivity (Wildman–Crippen MR) is 63.2 cm³/mol. The number of nitrogens with zero attached hydrogens (tertiary/aromatic N) is 3. The number of nitrogens with two attached hydrogens (primary N) is 1. The van der Waals surface area contributed by atoms with E-state index in [9.17, 15) is 4.79 Å². The summed E-state index contributed by atoms with van der Waals surface area (Å²) in [4.78, 5) is 14.8. The normalized spacial score (nSPS) is 12.4. The summed E-state index contributed by atoms with van der Waals surface area (Å²) < 4.78 is 1.65. The molecule has 0 aromatic carbocycles. The quantitative estimate of drug-likeness (QED) is 0.740. The lowest BCUT2D eigenvalue weighted by molar-refractivity contribution is -0.138. The minimum absolute atomic E-state index is 0.340. The van der Waals surface area contributed by atoms with Crippen LogP contribution in [0.1, 0.15) is 11.7 Å². The van der Waals surface area contributed by atoms with E-state index in [-0.39, 0.29) is 0 Å². The highest BCUT2D eigenvalue weighted by molar-refractivity contribution is 7.13. The van der Waals surface area contributed by atoms with Crippen molar-refractivity contribution in [1.82, 2.24) is 14.8 Å². The number of aliphatic carboxylic acids is 1. The zero-order valence-corrected chi connectivity index (χ0v) is 9.81. The van der Waals surface area contributed by atoms with Gasteiger partial charge in [-0.05, 0) is 0 Å². The molecule has 2 aromatic heterocycles. The van der Waals surface area contributed by atoms with Crippen molar-refractivity contribution in [1.29, 1.82) is 0 Å². The van der Waals surface area contributed by atoms with E-state index in [2.05, 4.69) is 15.4 Å². The first-order chi connectivity index (χ1) is 8.08. The van der Waals surface area contributed by atoms with E-state index in [1.54, 1.807) is 29.4 Å². The fourth-order valence-electron chi connectivity index (χ4n) is 1.22. The van der Waals surface area contributed by atoms with Crippen LogP contribution in [0.4, 0.5) is 10.9 Å². The van der Waals surface area contributed by atoms with Gasteiger partial charge in [-0.15, -0.1) is 11.3 Å². The molecule has 90 valence electrons. The summed E-state index contributed by atoms with van der Waals surface area (Å²) in [6, 6.07) is 0.700. The largest absolute Gasteiger partial charge is 0.480 e. The lowest BCUT2D eigenvalue weighted by Crippen LogP contribution is -2.20. The number of carbonyl (C=O) groups is 1. The summed E-state index contributed by atoms with van der Waals surface area (Å²) in [5.74, 6) is -0.322. The van der Waals surface area contributed by atoms with Gasteiger partial charge in [0, 0.05) is 18.5 Å². The molecule has 0 aliphatic rings. The van der Waals surface area contributed by atoms with Crippen LogP contribution in [0, 0.1) is 0 Å². The Balaban J connectivity index is 2.14. The number of hydrogen-bond acceptors (Lipinski definition) is 6. The van der Waals surface area contributed by atoms with Crippen LogP contribution in [0.2, 0.25) is 0 Å². The Labute approximate surface area is 101 Å². The highest BCUT2D eigenvalue weighted by Crippen LogP contribution is 2.22. The molecular formula is C9H11N5O2S. The summed E-state index contributed by atoms with van der Waals surface area (Å²) in [5, 5.41) is 18.0. The fourth-order valence-corrected chi connectivity index (χ4v) is 1.97. The van der Waals surface area contributed by atoms with Crippen molar-refractivity contribution in [2.45, 2.75) is 6.04 Å². The van der Waals surface area contributed by atoms with Crippen LogP contribution >= 0.6 is 11.3 Å². The SMILES string of the molecule is Cn1nccc1Nc1nc(C(N)C(=O)O)cs1. The number of carboxylic acids is 1. The second kappa shape index (κ2) is 4.52. The van der Waals surface area contributed by atoms with Gasteiger partial charge in [0.2, 0.25) is 0 Å². The van der Waals surface area contributed by atoms with Crippen molar-refractivity contribution in [2.24, 2.45) is 12.8 Å². The molecule has 0 aliphatic heterocycles. The van der Waals surface area contributed by atoms with Gasteiger partial charge in [-0.1, -0.05) is 0 Å². The Morgan fingerprint density at radius 1 is 1.71 bits per heavy atom. The first-order valence-corrected chi connectivity index (χ1v) is 5.64. The number of aryl methyl sites for hydroxylation is 1. The van der Waals surface area contributed by atoms with Gasteiger partial charge >= 0.3 is 5.97 Å². The lowest BCUT2D eigenvalue weighted by atomic mass is 10.2. The summed E-state index contributed by atoms with van der Waals surface area (Å²) in [6.45, 7) is 0. The third-order valence-corrected chi connectivity index (χ3v) is 2.94. The van der Waals surface area contributed by atoms with E-state index in [4.69, 9.17) is 10.8 Å². The van der Waals surface area contributed by atoms with Crippen LogP contribution in [0.15, 0.2) is 17.6 Å². The Kier molecular flexibility index (Phi) is 3.07. The molecule has 8 heteroatoms. The van der Waals surface area contributed by atoms with Crippen LogP contribution in [-0.4, -0.2) is 25.8 Å². The van der Waals surface area contributed by atoms with Crippen molar-refractivity contribution in [2.75, 3.05) is 5.32 Å². The topological polar surface area (TPSA) is 106 Å². The maximum Gasteiger partial charge on any atom is 0.326 e. The van der Waals surface area contributed by atoms with Crippen LogP contribution in [-0.2, 0) is 11.8 Å². The van der Waals surface area contributed by atoms with Gasteiger partial charge < -0.3 is 16.2 Å². The number of anilines is 2. The van der Waals surface area contributed by atoms with E-state index in [1.165, 1.54) is 11.3 Å². The molecule has 4 N–H and O–H groups in total. The van der Waals surface area contributed by atoms with Crippen LogP contribution < -0.4 is 11.1 Å². The highest BCUT2D eigenvalue weighted by atomic mass is 32.1. The Bertz CT molecular complexity index is 535. The molecule has 0 radical (unpaired) electrons. The van der Waals surface area contributed by atoms with Gasteiger partial charge in [0.05, 0.1) is 11.9 Å². The second-order valence-electron chi connectivity index (χ2n) is 3.36. The van der Waals surface area contributed by atoms with E-state index >= 15 is 0 Å². The van der Waals surface area contributed by atoms with Crippen LogP contribution in [0.25, 0.3) is 0 Å². The minimum atomic E-state index is -1.10. The number of aromatic nitrogens is 3. The first kappa shape index (κ1) is 11.6. The monoisotopic (exact) mass is 253 g/mol. The van der Waals surface area contributed by atoms with Crippen LogP contribution in [0.3, 0.4) is 0 Å². The third-order valence-electron chi connectivity index (χ3n) is 2.16. The molecular weight excluding hydrogens is 242 g/mol. The van der Waals surface area contributed by atoms with Crippen molar-refractivity contribution in [3.05, 3.63) is 23.3 Å². The summed E-state index contributed by atoms with van der Waals surface area (Å²) in [5.41, 5.74) is 5.79. The van der Waals surface area contributed by atoms with E-state index in [1.807, 2.05) is 0 Å². The maximum absolute atomic E-state index is 10.7. The van der Waals surface area contributed by atoms with Crippen molar-refractivity contribution in [3.8, 4) is 0 Å². The van der Waals surface area contributed by atoms with Gasteiger partial charge in [-0.3, -0.25) is 9.48 Å². The average molecular weight is 253 g/mol. The summed E-state index contributed by atoms with van der Waals surface area (Å²) in [7, 11) is 1.79. The zero-order valence-electron chi connectivity index (χ0n) is 8.99. The van der Waals surface area contributed by atoms with E-state index in [0.717, 1.165) is 5.82 Å². The zero-order chi connectivity index (χ0) is 12.4. The van der Waals surface area contributed by atoms with Crippen molar-refractivity contribution in [3.63, 3.8) is 0 Å². The molecule has 0 saturated carbocycles. The summed E-state index contributed by atoms with van der Waals surface area (Å²) in [6.07, 6.45) is 1.65. The first-order valence-electron chi connectivity index (χ1n) is 4.77. The standard InChI is InChI=1S/C9H11N5O2S/c1-14-6(2-3-11-14)13-9-12-5(4-17-9)7(10)8(15)16/h2-4,7H,10H2,1H3,(H,12,13)(H,15,16). The molecule has 0 spiro atoms. The molecule has 0 fully saturated rings. The Morgan fingerprint density at radius 3 is 3.06 bits per heavy atom. The van der Waals surface area contributed by atoms with Gasteiger partial charge in [0.15, 0.2) is 5.13 Å². The lowest BCUT2D eigenvalue weighted by Gasteiger charge is -2.03. The second-order valence-corrected chi connectivity index (χ2v) is 4.22. The molecule has 0 bridgehead atoms. The van der Waals surface area contributed by atoms with E-state index in [0.29, 0.717) is 10.8 Å². The number of hydrogen-bond donors (Lipinski definition) is 3. The van der Waals surface area contributed by atoms with Gasteiger partial charge in [0.25, 0.3) is 0 Å². The molecule has 0 saturated heterocycles. The van der Waals surface area contributed by atoms with Gasteiger partial charge in [-0.25, -0.2) is 4.98 Å². The van der Waals surface area contributed by atoms with Crippen molar-refractivity contribution >= 4 is 28.3 Å². The molecule has 7 nitrogen and oxygen atoms in total. The Morgan fingerprint density at radius 2 is 2.47 bits per heavy atom. The number of thiazole rings is 1. The molecule has 1 atom stereocenters. The third kappa shape index (κ3) is 2.43. The molecule has 2 heterocycles. The van der Waals surface area contributed by atoms with Crippen LogP contribution in [0.5, 0.6) is 0 Å². The molecule has 2 rings (SSSR count). The highest BCUT2D eigenvalue weighted by Gasteiger charge is 2.17. The molecule has 0 amide bonds. The average Bonchev–Trinajstić information content (AvgIpc) is 2.88. The predicted octanol–water partition coefficient (Wildman–Crippen LogP) is 0.705. The molecule has 1 unspecified atom stereocenters. The molecule has 2 aromatic rings. The van der Waals surface area contributed by atoms with E-state index < -0.39 is 12.0 Å². The van der Waals surface area contributed by atoms with Gasteiger partial charge in [0.1, 0.15) is 11.9 Å². The number of nitrogens with one attached hydrogen (secondary N) is 1. The van der Waals surface area contributed by atoms with Gasteiger partial charge in [-0.2, -0.15) is 5.10 Å². The maximum atomic E-state index is 10.7. The summed E-state index contributed by atoms with van der Waals surface area (Å²) >= 11 is 1.30. The smallest absolute Gasteiger partial charge is 0.326 e. The number of rotatable bonds is 4. The Hall–Kier alpha value is -1.93. The fraction of sp³-hybridized carbons (Fsp3) is 0.222. The minimum Gasteiger partial charge on any atom is -0.480 e. The molecule has 17 heavy (non-hydrogen) atoms. The van der Waals surface area contributed by atoms with Crippen molar-refractivity contribution < 1.29 is 9.90 Å².